The highest BCUT2D eigenvalue weighted by molar-refractivity contribution is 4.96. The normalized spacial score (nSPS) is 37.6. The fourth-order valence-electron chi connectivity index (χ4n) is 2.85. The van der Waals surface area contributed by atoms with Crippen LogP contribution in [0, 0.1) is 17.8 Å². The van der Waals surface area contributed by atoms with E-state index in [1.165, 1.54) is 0 Å². The molecule has 0 radical (unpaired) electrons. The second-order valence-electron chi connectivity index (χ2n) is 6.09. The maximum Gasteiger partial charge on any atom is 0.0800 e. The highest BCUT2D eigenvalue weighted by Gasteiger charge is 2.40. The summed E-state index contributed by atoms with van der Waals surface area (Å²) in [6, 6.07) is -0.0268. The molecular weight excluding hydrogens is 186 g/mol. The van der Waals surface area contributed by atoms with Crippen LogP contribution in [0.3, 0.4) is 0 Å². The van der Waals surface area contributed by atoms with Crippen LogP contribution in [0.15, 0.2) is 0 Å². The van der Waals surface area contributed by atoms with E-state index in [0.717, 1.165) is 25.7 Å². The SMILES string of the molecule is CC(C)CC1(O)CCC(C(C)C)CC1N. The standard InChI is InChI=1S/C13H27NO/c1-9(2)8-13(15)6-5-11(10(3)4)7-12(13)14/h9-12,15H,5-8,14H2,1-4H3. The summed E-state index contributed by atoms with van der Waals surface area (Å²) in [5.41, 5.74) is 5.54. The zero-order valence-electron chi connectivity index (χ0n) is 10.7. The van der Waals surface area contributed by atoms with Crippen LogP contribution >= 0.6 is 0 Å². The summed E-state index contributed by atoms with van der Waals surface area (Å²) in [6.07, 6.45) is 3.85. The molecule has 0 aromatic rings. The molecule has 0 spiro atoms. The van der Waals surface area contributed by atoms with E-state index < -0.39 is 5.60 Å². The average Bonchev–Trinajstić information content (AvgIpc) is 2.08. The molecule has 0 aromatic heterocycles. The van der Waals surface area contributed by atoms with Gasteiger partial charge in [0.1, 0.15) is 0 Å². The Morgan fingerprint density at radius 2 is 1.93 bits per heavy atom. The largest absolute Gasteiger partial charge is 0.388 e. The molecule has 2 heteroatoms. The minimum atomic E-state index is -0.598. The Labute approximate surface area is 94.2 Å². The van der Waals surface area contributed by atoms with Gasteiger partial charge in [-0.2, -0.15) is 0 Å². The summed E-state index contributed by atoms with van der Waals surface area (Å²) >= 11 is 0. The molecule has 90 valence electrons. The second kappa shape index (κ2) is 4.84. The summed E-state index contributed by atoms with van der Waals surface area (Å²) in [6.45, 7) is 8.81. The maximum absolute atomic E-state index is 10.5. The van der Waals surface area contributed by atoms with Crippen LogP contribution in [0.2, 0.25) is 0 Å². The molecule has 0 bridgehead atoms. The lowest BCUT2D eigenvalue weighted by atomic mass is 9.69. The lowest BCUT2D eigenvalue weighted by Gasteiger charge is -2.43. The van der Waals surface area contributed by atoms with Gasteiger partial charge in [-0.05, 0) is 43.4 Å². The van der Waals surface area contributed by atoms with E-state index in [1.807, 2.05) is 0 Å². The number of rotatable bonds is 3. The number of hydrogen-bond donors (Lipinski definition) is 2. The summed E-state index contributed by atoms with van der Waals surface area (Å²) < 4.78 is 0. The highest BCUT2D eigenvalue weighted by atomic mass is 16.3. The zero-order valence-corrected chi connectivity index (χ0v) is 10.7. The Morgan fingerprint density at radius 1 is 1.33 bits per heavy atom. The molecular formula is C13H27NO. The molecule has 1 rings (SSSR count). The molecule has 15 heavy (non-hydrogen) atoms. The van der Waals surface area contributed by atoms with Crippen molar-refractivity contribution in [3.8, 4) is 0 Å². The van der Waals surface area contributed by atoms with E-state index in [-0.39, 0.29) is 6.04 Å². The van der Waals surface area contributed by atoms with Crippen molar-refractivity contribution in [2.24, 2.45) is 23.5 Å². The van der Waals surface area contributed by atoms with E-state index in [4.69, 9.17) is 5.73 Å². The first-order valence-corrected chi connectivity index (χ1v) is 6.33. The first-order valence-electron chi connectivity index (χ1n) is 6.33. The van der Waals surface area contributed by atoms with E-state index in [2.05, 4.69) is 27.7 Å². The van der Waals surface area contributed by atoms with Gasteiger partial charge >= 0.3 is 0 Å². The van der Waals surface area contributed by atoms with Gasteiger partial charge in [-0.15, -0.1) is 0 Å². The Bertz CT molecular complexity index is 203. The van der Waals surface area contributed by atoms with Gasteiger partial charge in [0, 0.05) is 6.04 Å². The van der Waals surface area contributed by atoms with Crippen molar-refractivity contribution in [1.82, 2.24) is 0 Å². The topological polar surface area (TPSA) is 46.2 Å². The number of hydrogen-bond acceptors (Lipinski definition) is 2. The van der Waals surface area contributed by atoms with E-state index in [9.17, 15) is 5.11 Å². The van der Waals surface area contributed by atoms with Crippen molar-refractivity contribution in [2.45, 2.75) is 65.0 Å². The van der Waals surface area contributed by atoms with Crippen molar-refractivity contribution in [1.29, 1.82) is 0 Å². The molecule has 3 N–H and O–H groups in total. The quantitative estimate of drug-likeness (QED) is 0.757. The van der Waals surface area contributed by atoms with Crippen molar-refractivity contribution in [2.75, 3.05) is 0 Å². The Hall–Kier alpha value is -0.0800. The second-order valence-corrected chi connectivity index (χ2v) is 6.09. The van der Waals surface area contributed by atoms with Gasteiger partial charge < -0.3 is 10.8 Å². The smallest absolute Gasteiger partial charge is 0.0800 e. The van der Waals surface area contributed by atoms with E-state index >= 15 is 0 Å². The van der Waals surface area contributed by atoms with Gasteiger partial charge in [-0.25, -0.2) is 0 Å². The summed E-state index contributed by atoms with van der Waals surface area (Å²) in [4.78, 5) is 0. The predicted octanol–water partition coefficient (Wildman–Crippen LogP) is 2.55. The Morgan fingerprint density at radius 3 is 2.33 bits per heavy atom. The minimum absolute atomic E-state index is 0.0268. The zero-order chi connectivity index (χ0) is 11.6. The van der Waals surface area contributed by atoms with Crippen molar-refractivity contribution in [3.05, 3.63) is 0 Å². The van der Waals surface area contributed by atoms with Crippen LogP contribution in [0.1, 0.15) is 53.4 Å². The minimum Gasteiger partial charge on any atom is -0.388 e. The Kier molecular flexibility index (Phi) is 4.19. The summed E-state index contributed by atoms with van der Waals surface area (Å²) in [5, 5.41) is 10.5. The number of nitrogens with two attached hydrogens (primary N) is 1. The molecule has 1 fully saturated rings. The van der Waals surface area contributed by atoms with Crippen LogP contribution in [-0.4, -0.2) is 16.7 Å². The van der Waals surface area contributed by atoms with Gasteiger partial charge in [0.05, 0.1) is 5.60 Å². The number of aliphatic hydroxyl groups is 1. The molecule has 3 unspecified atom stereocenters. The molecule has 0 amide bonds. The van der Waals surface area contributed by atoms with E-state index in [1.54, 1.807) is 0 Å². The van der Waals surface area contributed by atoms with Gasteiger partial charge in [0.25, 0.3) is 0 Å². The van der Waals surface area contributed by atoms with Crippen LogP contribution in [0.4, 0.5) is 0 Å². The maximum atomic E-state index is 10.5. The molecule has 0 aromatic carbocycles. The molecule has 0 heterocycles. The average molecular weight is 213 g/mol. The van der Waals surface area contributed by atoms with Crippen LogP contribution < -0.4 is 5.73 Å². The molecule has 3 atom stereocenters. The third kappa shape index (κ3) is 3.18. The van der Waals surface area contributed by atoms with Gasteiger partial charge in [-0.1, -0.05) is 27.7 Å². The first-order chi connectivity index (χ1) is 6.85. The highest BCUT2D eigenvalue weighted by Crippen LogP contribution is 2.38. The van der Waals surface area contributed by atoms with Crippen LogP contribution in [0.5, 0.6) is 0 Å². The summed E-state index contributed by atoms with van der Waals surface area (Å²) in [5.74, 6) is 1.92. The van der Waals surface area contributed by atoms with Crippen molar-refractivity contribution in [3.63, 3.8) is 0 Å². The fraction of sp³-hybridized carbons (Fsp3) is 1.00. The molecule has 0 saturated heterocycles. The molecule has 0 aliphatic heterocycles. The van der Waals surface area contributed by atoms with Gasteiger partial charge in [-0.3, -0.25) is 0 Å². The molecule has 1 aliphatic rings. The Balaban J connectivity index is 2.58. The third-order valence-electron chi connectivity index (χ3n) is 3.90. The molecule has 2 nitrogen and oxygen atoms in total. The third-order valence-corrected chi connectivity index (χ3v) is 3.90. The summed E-state index contributed by atoms with van der Waals surface area (Å²) in [7, 11) is 0. The first kappa shape index (κ1) is 13.0. The monoisotopic (exact) mass is 213 g/mol. The van der Waals surface area contributed by atoms with Crippen LogP contribution in [-0.2, 0) is 0 Å². The van der Waals surface area contributed by atoms with E-state index in [0.29, 0.717) is 17.8 Å². The lowest BCUT2D eigenvalue weighted by molar-refractivity contribution is -0.0480. The van der Waals surface area contributed by atoms with Crippen LogP contribution in [0.25, 0.3) is 0 Å². The molecule has 1 aliphatic carbocycles. The van der Waals surface area contributed by atoms with Gasteiger partial charge in [0.15, 0.2) is 0 Å². The lowest BCUT2D eigenvalue weighted by Crippen LogP contribution is -2.53. The van der Waals surface area contributed by atoms with Crippen molar-refractivity contribution >= 4 is 0 Å². The van der Waals surface area contributed by atoms with Gasteiger partial charge in [0.2, 0.25) is 0 Å². The van der Waals surface area contributed by atoms with Crippen molar-refractivity contribution < 1.29 is 5.11 Å². The fourth-order valence-corrected chi connectivity index (χ4v) is 2.85. The molecule has 1 saturated carbocycles. The predicted molar refractivity (Wildman–Crippen MR) is 64.6 cm³/mol.